The van der Waals surface area contributed by atoms with E-state index in [9.17, 15) is 19.7 Å². The standard InChI is InChI=1S/C24H32N2O7/c1-13(2)32-23(27)20-15(5)25(17(7)31-8)16(6)21(24(28)33-14(3)4)22(20)18-10-9-11-19(12-18)26(29)30/h9-14,17,22H,1-8H3. The van der Waals surface area contributed by atoms with Gasteiger partial charge in [0.2, 0.25) is 0 Å². The van der Waals surface area contributed by atoms with Gasteiger partial charge in [-0.15, -0.1) is 0 Å². The maximum Gasteiger partial charge on any atom is 0.337 e. The Labute approximate surface area is 194 Å². The van der Waals surface area contributed by atoms with Crippen molar-refractivity contribution in [1.29, 1.82) is 0 Å². The second-order valence-corrected chi connectivity index (χ2v) is 8.40. The van der Waals surface area contributed by atoms with Gasteiger partial charge in [-0.3, -0.25) is 10.1 Å². The van der Waals surface area contributed by atoms with Gasteiger partial charge in [-0.2, -0.15) is 0 Å². The third-order valence-electron chi connectivity index (χ3n) is 5.32. The minimum Gasteiger partial charge on any atom is -0.460 e. The van der Waals surface area contributed by atoms with Crippen molar-refractivity contribution in [2.75, 3.05) is 7.11 Å². The van der Waals surface area contributed by atoms with E-state index in [2.05, 4.69) is 0 Å². The lowest BCUT2D eigenvalue weighted by atomic mass is 9.79. The van der Waals surface area contributed by atoms with Gasteiger partial charge >= 0.3 is 11.9 Å². The molecule has 2 rings (SSSR count). The normalized spacial score (nSPS) is 15.9. The number of hydrogen-bond donors (Lipinski definition) is 0. The summed E-state index contributed by atoms with van der Waals surface area (Å²) in [6.45, 7) is 12.2. The Morgan fingerprint density at radius 2 is 1.45 bits per heavy atom. The zero-order valence-electron chi connectivity index (χ0n) is 20.4. The van der Waals surface area contributed by atoms with Crippen LogP contribution in [0.1, 0.15) is 59.9 Å². The lowest BCUT2D eigenvalue weighted by molar-refractivity contribution is -0.384. The fraction of sp³-hybridized carbons (Fsp3) is 0.500. The number of methoxy groups -OCH3 is 1. The molecule has 1 aromatic rings. The Kier molecular flexibility index (Phi) is 8.38. The molecule has 0 saturated carbocycles. The SMILES string of the molecule is COC(C)N1C(C)=C(C(=O)OC(C)C)C(c2cccc([N+](=O)[O-])c2)C(C(=O)OC(C)C)=C1C. The molecule has 1 aliphatic rings. The highest BCUT2D eigenvalue weighted by molar-refractivity contribution is 6.00. The molecule has 0 spiro atoms. The maximum atomic E-state index is 13.3. The number of carbonyl (C=O) groups excluding carboxylic acids is 2. The van der Waals surface area contributed by atoms with E-state index in [0.717, 1.165) is 0 Å². The summed E-state index contributed by atoms with van der Waals surface area (Å²) < 4.78 is 16.5. The molecule has 1 aliphatic heterocycles. The molecule has 0 aromatic heterocycles. The highest BCUT2D eigenvalue weighted by Crippen LogP contribution is 2.44. The molecule has 9 nitrogen and oxygen atoms in total. The average molecular weight is 461 g/mol. The highest BCUT2D eigenvalue weighted by Gasteiger charge is 2.42. The number of hydrogen-bond acceptors (Lipinski definition) is 8. The molecule has 1 atom stereocenters. The van der Waals surface area contributed by atoms with Crippen molar-refractivity contribution in [2.45, 2.75) is 72.8 Å². The van der Waals surface area contributed by atoms with Crippen LogP contribution < -0.4 is 0 Å². The molecule has 0 saturated heterocycles. The number of carbonyl (C=O) groups is 2. The van der Waals surface area contributed by atoms with Crippen LogP contribution in [-0.2, 0) is 23.8 Å². The molecule has 33 heavy (non-hydrogen) atoms. The van der Waals surface area contributed by atoms with Crippen molar-refractivity contribution in [3.63, 3.8) is 0 Å². The summed E-state index contributed by atoms with van der Waals surface area (Å²) in [5, 5.41) is 11.4. The van der Waals surface area contributed by atoms with Gasteiger partial charge < -0.3 is 19.1 Å². The van der Waals surface area contributed by atoms with Crippen molar-refractivity contribution in [3.8, 4) is 0 Å². The van der Waals surface area contributed by atoms with Crippen LogP contribution >= 0.6 is 0 Å². The molecule has 0 aliphatic carbocycles. The summed E-state index contributed by atoms with van der Waals surface area (Å²) in [5.74, 6) is -2.15. The topological polar surface area (TPSA) is 108 Å². The molecule has 1 heterocycles. The Morgan fingerprint density at radius 3 is 1.85 bits per heavy atom. The van der Waals surface area contributed by atoms with E-state index in [4.69, 9.17) is 14.2 Å². The van der Waals surface area contributed by atoms with Gasteiger partial charge in [0.25, 0.3) is 5.69 Å². The van der Waals surface area contributed by atoms with E-state index in [1.165, 1.54) is 25.3 Å². The third kappa shape index (κ3) is 5.60. The maximum absolute atomic E-state index is 13.3. The molecule has 0 N–H and O–H groups in total. The first-order valence-electron chi connectivity index (χ1n) is 10.8. The first-order chi connectivity index (χ1) is 15.4. The van der Waals surface area contributed by atoms with Gasteiger partial charge in [0.15, 0.2) is 0 Å². The Bertz CT molecular complexity index is 948. The number of benzene rings is 1. The van der Waals surface area contributed by atoms with E-state index in [-0.39, 0.29) is 16.8 Å². The summed E-state index contributed by atoms with van der Waals surface area (Å²) in [7, 11) is 1.52. The average Bonchev–Trinajstić information content (AvgIpc) is 2.71. The minimum atomic E-state index is -0.914. The van der Waals surface area contributed by atoms with Crippen molar-refractivity contribution >= 4 is 17.6 Å². The lowest BCUT2D eigenvalue weighted by Crippen LogP contribution is -2.40. The second-order valence-electron chi connectivity index (χ2n) is 8.40. The van der Waals surface area contributed by atoms with Crippen LogP contribution in [-0.4, -0.2) is 47.3 Å². The van der Waals surface area contributed by atoms with Crippen LogP contribution in [0.3, 0.4) is 0 Å². The zero-order valence-corrected chi connectivity index (χ0v) is 20.4. The number of rotatable bonds is 8. The Hall–Kier alpha value is -3.20. The molecule has 0 fully saturated rings. The molecule has 1 aromatic carbocycles. The number of nitro groups is 1. The summed E-state index contributed by atoms with van der Waals surface area (Å²) in [6, 6.07) is 5.90. The van der Waals surface area contributed by atoms with Crippen LogP contribution in [0.2, 0.25) is 0 Å². The fourth-order valence-corrected chi connectivity index (χ4v) is 3.96. The highest BCUT2D eigenvalue weighted by atomic mass is 16.6. The van der Waals surface area contributed by atoms with Crippen molar-refractivity contribution in [3.05, 3.63) is 62.5 Å². The second kappa shape index (κ2) is 10.6. The molecule has 9 heteroatoms. The van der Waals surface area contributed by atoms with Gasteiger partial charge in [-0.05, 0) is 54.0 Å². The van der Waals surface area contributed by atoms with Crippen LogP contribution in [0.4, 0.5) is 5.69 Å². The van der Waals surface area contributed by atoms with E-state index in [1.807, 2.05) is 0 Å². The van der Waals surface area contributed by atoms with Crippen LogP contribution in [0.15, 0.2) is 46.8 Å². The van der Waals surface area contributed by atoms with E-state index in [1.54, 1.807) is 59.4 Å². The first kappa shape index (κ1) is 26.1. The predicted octanol–water partition coefficient (Wildman–Crippen LogP) is 4.44. The smallest absolute Gasteiger partial charge is 0.337 e. The molecule has 0 bridgehead atoms. The number of esters is 2. The monoisotopic (exact) mass is 460 g/mol. The van der Waals surface area contributed by atoms with Gasteiger partial charge in [0, 0.05) is 30.6 Å². The minimum absolute atomic E-state index is 0.149. The quantitative estimate of drug-likeness (QED) is 0.318. The van der Waals surface area contributed by atoms with Crippen molar-refractivity contribution in [1.82, 2.24) is 4.90 Å². The largest absolute Gasteiger partial charge is 0.460 e. The summed E-state index contributed by atoms with van der Waals surface area (Å²) in [5.41, 5.74) is 1.74. The van der Waals surface area contributed by atoms with Gasteiger partial charge in [-0.1, -0.05) is 12.1 Å². The number of nitro benzene ring substituents is 1. The fourth-order valence-electron chi connectivity index (χ4n) is 3.96. The lowest BCUT2D eigenvalue weighted by Gasteiger charge is -2.40. The molecular weight excluding hydrogens is 428 g/mol. The van der Waals surface area contributed by atoms with E-state index in [0.29, 0.717) is 17.0 Å². The Balaban J connectivity index is 2.87. The first-order valence-corrected chi connectivity index (χ1v) is 10.8. The van der Waals surface area contributed by atoms with E-state index >= 15 is 0 Å². The zero-order chi connectivity index (χ0) is 25.0. The summed E-state index contributed by atoms with van der Waals surface area (Å²) >= 11 is 0. The van der Waals surface area contributed by atoms with Gasteiger partial charge in [-0.25, -0.2) is 9.59 Å². The number of allylic oxidation sites excluding steroid dienone is 2. The summed E-state index contributed by atoms with van der Waals surface area (Å²) in [6.07, 6.45) is -1.32. The van der Waals surface area contributed by atoms with Crippen LogP contribution in [0.25, 0.3) is 0 Å². The molecule has 180 valence electrons. The van der Waals surface area contributed by atoms with Crippen LogP contribution in [0.5, 0.6) is 0 Å². The summed E-state index contributed by atoms with van der Waals surface area (Å²) in [4.78, 5) is 39.3. The molecule has 1 unspecified atom stereocenters. The van der Waals surface area contributed by atoms with Crippen molar-refractivity contribution < 1.29 is 28.7 Å². The van der Waals surface area contributed by atoms with Crippen molar-refractivity contribution in [2.24, 2.45) is 0 Å². The molecule has 0 radical (unpaired) electrons. The van der Waals surface area contributed by atoms with Gasteiger partial charge in [0.05, 0.1) is 34.2 Å². The number of non-ortho nitro benzene ring substituents is 1. The molecule has 0 amide bonds. The molecular formula is C24H32N2O7. The van der Waals surface area contributed by atoms with Gasteiger partial charge in [0.1, 0.15) is 6.23 Å². The third-order valence-corrected chi connectivity index (χ3v) is 5.32. The Morgan fingerprint density at radius 1 is 0.970 bits per heavy atom. The van der Waals surface area contributed by atoms with E-state index < -0.39 is 41.2 Å². The number of ether oxygens (including phenoxy) is 3. The predicted molar refractivity (Wildman–Crippen MR) is 122 cm³/mol. The number of nitrogens with zero attached hydrogens (tertiary/aromatic N) is 2. The van der Waals surface area contributed by atoms with Crippen LogP contribution in [0, 0.1) is 10.1 Å².